The van der Waals surface area contributed by atoms with Crippen molar-refractivity contribution in [2.45, 2.75) is 51.1 Å². The third-order valence-corrected chi connectivity index (χ3v) is 3.95. The minimum absolute atomic E-state index is 0.769. The third-order valence-electron chi connectivity index (χ3n) is 3.95. The summed E-state index contributed by atoms with van der Waals surface area (Å²) in [6, 6.07) is 1.57. The fourth-order valence-corrected chi connectivity index (χ4v) is 2.94. The average Bonchev–Trinajstić information content (AvgIpc) is 2.56. The molecule has 2 fully saturated rings. The van der Waals surface area contributed by atoms with E-state index in [0.717, 1.165) is 18.0 Å². The van der Waals surface area contributed by atoms with Gasteiger partial charge in [0.25, 0.3) is 0 Å². The summed E-state index contributed by atoms with van der Waals surface area (Å²) in [5.41, 5.74) is 0. The normalized spacial score (nSPS) is 40.3. The topological polar surface area (TPSA) is 15.3 Å². The van der Waals surface area contributed by atoms with E-state index in [1.807, 2.05) is 0 Å². The molecule has 1 N–H and O–H groups in total. The van der Waals surface area contributed by atoms with Crippen molar-refractivity contribution in [2.24, 2.45) is 5.92 Å². The fourth-order valence-electron chi connectivity index (χ4n) is 2.94. The number of hydrogen-bond donors (Lipinski definition) is 1. The Balaban J connectivity index is 1.78. The quantitative estimate of drug-likeness (QED) is 0.725. The number of likely N-dealkylation sites (N-methyl/N-ethyl adjacent to an activating group) is 1. The van der Waals surface area contributed by atoms with Crippen LogP contribution in [0.1, 0.15) is 39.0 Å². The highest BCUT2D eigenvalue weighted by atomic mass is 15.2. The lowest BCUT2D eigenvalue weighted by Gasteiger charge is -2.32. The minimum Gasteiger partial charge on any atom is -0.310 e. The summed E-state index contributed by atoms with van der Waals surface area (Å²) in [6.07, 6.45) is 7.07. The SMILES string of the molecule is C[C@@H]1CCCC[C@@H]1N[C@H]1CCN(C)C1. The van der Waals surface area contributed by atoms with Crippen LogP contribution in [-0.2, 0) is 0 Å². The monoisotopic (exact) mass is 196 g/mol. The number of rotatable bonds is 2. The maximum Gasteiger partial charge on any atom is 0.0209 e. The van der Waals surface area contributed by atoms with Crippen LogP contribution >= 0.6 is 0 Å². The first-order chi connectivity index (χ1) is 6.75. The Labute approximate surface area is 88.1 Å². The number of hydrogen-bond acceptors (Lipinski definition) is 2. The first-order valence-corrected chi connectivity index (χ1v) is 6.20. The van der Waals surface area contributed by atoms with Crippen LogP contribution in [0.4, 0.5) is 0 Å². The van der Waals surface area contributed by atoms with E-state index in [4.69, 9.17) is 0 Å². The minimum atomic E-state index is 0.769. The Kier molecular flexibility index (Phi) is 3.45. The maximum atomic E-state index is 3.86. The molecule has 0 radical (unpaired) electrons. The Bertz CT molecular complexity index is 181. The van der Waals surface area contributed by atoms with Crippen molar-refractivity contribution in [2.75, 3.05) is 20.1 Å². The average molecular weight is 196 g/mol. The molecule has 1 saturated heterocycles. The number of likely N-dealkylation sites (tertiary alicyclic amines) is 1. The lowest BCUT2D eigenvalue weighted by molar-refractivity contribution is 0.257. The zero-order valence-corrected chi connectivity index (χ0v) is 9.63. The van der Waals surface area contributed by atoms with E-state index in [2.05, 4.69) is 24.2 Å². The molecule has 0 bridgehead atoms. The first-order valence-electron chi connectivity index (χ1n) is 6.20. The van der Waals surface area contributed by atoms with E-state index in [0.29, 0.717) is 0 Å². The van der Waals surface area contributed by atoms with Crippen LogP contribution in [0.15, 0.2) is 0 Å². The van der Waals surface area contributed by atoms with Crippen LogP contribution in [0.2, 0.25) is 0 Å². The summed E-state index contributed by atoms with van der Waals surface area (Å²) in [7, 11) is 2.23. The Morgan fingerprint density at radius 2 is 1.93 bits per heavy atom. The molecule has 0 amide bonds. The summed E-state index contributed by atoms with van der Waals surface area (Å²) in [4.78, 5) is 2.44. The molecule has 1 heterocycles. The van der Waals surface area contributed by atoms with E-state index in [9.17, 15) is 0 Å². The van der Waals surface area contributed by atoms with Gasteiger partial charge < -0.3 is 10.2 Å². The second-order valence-electron chi connectivity index (χ2n) is 5.28. The smallest absolute Gasteiger partial charge is 0.0209 e. The van der Waals surface area contributed by atoms with Crippen molar-refractivity contribution in [1.82, 2.24) is 10.2 Å². The van der Waals surface area contributed by atoms with E-state index < -0.39 is 0 Å². The molecule has 1 saturated carbocycles. The molecule has 2 nitrogen and oxygen atoms in total. The molecule has 1 aliphatic carbocycles. The number of nitrogens with one attached hydrogen (secondary N) is 1. The van der Waals surface area contributed by atoms with E-state index >= 15 is 0 Å². The second-order valence-corrected chi connectivity index (χ2v) is 5.28. The highest BCUT2D eigenvalue weighted by Gasteiger charge is 2.26. The standard InChI is InChI=1S/C12H24N2/c1-10-5-3-4-6-12(10)13-11-7-8-14(2)9-11/h10-13H,3-9H2,1-2H3/t10-,11+,12+/m1/s1. The zero-order valence-electron chi connectivity index (χ0n) is 9.63. The highest BCUT2D eigenvalue weighted by Crippen LogP contribution is 2.24. The molecule has 2 aliphatic rings. The van der Waals surface area contributed by atoms with Gasteiger partial charge in [-0.2, -0.15) is 0 Å². The largest absolute Gasteiger partial charge is 0.310 e. The summed E-state index contributed by atoms with van der Waals surface area (Å²) < 4.78 is 0. The van der Waals surface area contributed by atoms with Gasteiger partial charge >= 0.3 is 0 Å². The maximum absolute atomic E-state index is 3.86. The molecule has 0 aromatic carbocycles. The van der Waals surface area contributed by atoms with Gasteiger partial charge in [0.05, 0.1) is 0 Å². The molecular weight excluding hydrogens is 172 g/mol. The molecule has 0 spiro atoms. The van der Waals surface area contributed by atoms with Crippen molar-refractivity contribution in [3.63, 3.8) is 0 Å². The van der Waals surface area contributed by atoms with E-state index in [1.165, 1.54) is 45.2 Å². The predicted octanol–water partition coefficient (Wildman–Crippen LogP) is 1.86. The molecule has 2 rings (SSSR count). The van der Waals surface area contributed by atoms with Crippen molar-refractivity contribution in [3.8, 4) is 0 Å². The summed E-state index contributed by atoms with van der Waals surface area (Å²) >= 11 is 0. The summed E-state index contributed by atoms with van der Waals surface area (Å²) in [6.45, 7) is 4.94. The van der Waals surface area contributed by atoms with Gasteiger partial charge in [-0.1, -0.05) is 19.8 Å². The van der Waals surface area contributed by atoms with Crippen molar-refractivity contribution >= 4 is 0 Å². The van der Waals surface area contributed by atoms with Gasteiger partial charge in [0, 0.05) is 18.6 Å². The molecule has 0 aromatic heterocycles. The molecule has 0 aromatic rings. The lowest BCUT2D eigenvalue weighted by atomic mass is 9.85. The van der Waals surface area contributed by atoms with Crippen molar-refractivity contribution in [1.29, 1.82) is 0 Å². The van der Waals surface area contributed by atoms with Gasteiger partial charge in [0.1, 0.15) is 0 Å². The second kappa shape index (κ2) is 4.63. The molecule has 14 heavy (non-hydrogen) atoms. The molecule has 0 unspecified atom stereocenters. The van der Waals surface area contributed by atoms with Crippen LogP contribution in [0.3, 0.4) is 0 Å². The molecule has 82 valence electrons. The van der Waals surface area contributed by atoms with Crippen LogP contribution in [-0.4, -0.2) is 37.1 Å². The van der Waals surface area contributed by atoms with Crippen molar-refractivity contribution in [3.05, 3.63) is 0 Å². The van der Waals surface area contributed by atoms with Crippen molar-refractivity contribution < 1.29 is 0 Å². The highest BCUT2D eigenvalue weighted by molar-refractivity contribution is 4.86. The van der Waals surface area contributed by atoms with Gasteiger partial charge in [-0.15, -0.1) is 0 Å². The van der Waals surface area contributed by atoms with E-state index in [-0.39, 0.29) is 0 Å². The van der Waals surface area contributed by atoms with Crippen LogP contribution < -0.4 is 5.32 Å². The van der Waals surface area contributed by atoms with E-state index in [1.54, 1.807) is 0 Å². The van der Waals surface area contributed by atoms with Gasteiger partial charge in [0.15, 0.2) is 0 Å². The summed E-state index contributed by atoms with van der Waals surface area (Å²) in [5.74, 6) is 0.898. The van der Waals surface area contributed by atoms with Gasteiger partial charge in [0.2, 0.25) is 0 Å². The van der Waals surface area contributed by atoms with Gasteiger partial charge in [-0.05, 0) is 38.8 Å². The van der Waals surface area contributed by atoms with Crippen LogP contribution in [0.25, 0.3) is 0 Å². The Hall–Kier alpha value is -0.0800. The fraction of sp³-hybridized carbons (Fsp3) is 1.00. The number of nitrogens with zero attached hydrogens (tertiary/aromatic N) is 1. The summed E-state index contributed by atoms with van der Waals surface area (Å²) in [5, 5.41) is 3.86. The first kappa shape index (κ1) is 10.4. The predicted molar refractivity (Wildman–Crippen MR) is 60.5 cm³/mol. The van der Waals surface area contributed by atoms with Gasteiger partial charge in [-0.3, -0.25) is 0 Å². The lowest BCUT2D eigenvalue weighted by Crippen LogP contribution is -2.44. The Morgan fingerprint density at radius 3 is 2.57 bits per heavy atom. The molecule has 2 heteroatoms. The Morgan fingerprint density at radius 1 is 1.14 bits per heavy atom. The van der Waals surface area contributed by atoms with Crippen LogP contribution in [0, 0.1) is 5.92 Å². The molecule has 3 atom stereocenters. The molecule has 1 aliphatic heterocycles. The molecular formula is C12H24N2. The third kappa shape index (κ3) is 2.48. The van der Waals surface area contributed by atoms with Gasteiger partial charge in [-0.25, -0.2) is 0 Å². The van der Waals surface area contributed by atoms with Crippen LogP contribution in [0.5, 0.6) is 0 Å². The zero-order chi connectivity index (χ0) is 9.97.